The number of benzene rings is 2. The van der Waals surface area contributed by atoms with Crippen molar-refractivity contribution in [3.8, 4) is 0 Å². The van der Waals surface area contributed by atoms with Gasteiger partial charge in [0.05, 0.1) is 0 Å². The summed E-state index contributed by atoms with van der Waals surface area (Å²) >= 11 is 0. The second kappa shape index (κ2) is 8.60. The maximum absolute atomic E-state index is 3.54. The lowest BCUT2D eigenvalue weighted by Gasteiger charge is -2.17. The first-order valence-corrected chi connectivity index (χ1v) is 7.73. The van der Waals surface area contributed by atoms with Crippen molar-refractivity contribution in [1.82, 2.24) is 10.2 Å². The quantitative estimate of drug-likeness (QED) is 0.744. The SMILES string of the molecule is Cc1ccccc1CNCCCN(C)Cc1ccccc1. The highest BCUT2D eigenvalue weighted by molar-refractivity contribution is 5.25. The second-order valence-corrected chi connectivity index (χ2v) is 5.68. The Labute approximate surface area is 128 Å². The summed E-state index contributed by atoms with van der Waals surface area (Å²) in [7, 11) is 2.19. The lowest BCUT2D eigenvalue weighted by molar-refractivity contribution is 0.319. The highest BCUT2D eigenvalue weighted by Crippen LogP contribution is 2.06. The van der Waals surface area contributed by atoms with Gasteiger partial charge in [-0.1, -0.05) is 54.6 Å². The lowest BCUT2D eigenvalue weighted by atomic mass is 10.1. The van der Waals surface area contributed by atoms with Crippen LogP contribution in [0.15, 0.2) is 54.6 Å². The van der Waals surface area contributed by atoms with E-state index in [9.17, 15) is 0 Å². The maximum Gasteiger partial charge on any atom is 0.0230 e. The zero-order valence-corrected chi connectivity index (χ0v) is 13.2. The molecule has 112 valence electrons. The molecule has 2 aromatic carbocycles. The lowest BCUT2D eigenvalue weighted by Crippen LogP contribution is -2.23. The zero-order valence-electron chi connectivity index (χ0n) is 13.2. The first kappa shape index (κ1) is 15.7. The molecule has 0 aliphatic rings. The van der Waals surface area contributed by atoms with Gasteiger partial charge < -0.3 is 10.2 Å². The van der Waals surface area contributed by atoms with E-state index in [-0.39, 0.29) is 0 Å². The topological polar surface area (TPSA) is 15.3 Å². The Morgan fingerprint density at radius 3 is 2.43 bits per heavy atom. The van der Waals surface area contributed by atoms with Gasteiger partial charge in [-0.15, -0.1) is 0 Å². The molecule has 0 spiro atoms. The van der Waals surface area contributed by atoms with Crippen molar-refractivity contribution in [2.75, 3.05) is 20.1 Å². The van der Waals surface area contributed by atoms with Crippen molar-refractivity contribution in [2.45, 2.75) is 26.4 Å². The molecule has 0 amide bonds. The zero-order chi connectivity index (χ0) is 14.9. The van der Waals surface area contributed by atoms with Gasteiger partial charge in [-0.3, -0.25) is 0 Å². The van der Waals surface area contributed by atoms with Gasteiger partial charge in [0.25, 0.3) is 0 Å². The van der Waals surface area contributed by atoms with Crippen LogP contribution in [0.1, 0.15) is 23.1 Å². The molecule has 0 heterocycles. The number of hydrogen-bond acceptors (Lipinski definition) is 2. The van der Waals surface area contributed by atoms with E-state index < -0.39 is 0 Å². The summed E-state index contributed by atoms with van der Waals surface area (Å²) in [5, 5.41) is 3.54. The maximum atomic E-state index is 3.54. The Morgan fingerprint density at radius 1 is 0.952 bits per heavy atom. The smallest absolute Gasteiger partial charge is 0.0230 e. The Kier molecular flexibility index (Phi) is 6.45. The van der Waals surface area contributed by atoms with Gasteiger partial charge in [0.15, 0.2) is 0 Å². The minimum Gasteiger partial charge on any atom is -0.313 e. The Bertz CT molecular complexity index is 522. The normalized spacial score (nSPS) is 11.0. The molecule has 0 unspecified atom stereocenters. The highest BCUT2D eigenvalue weighted by Gasteiger charge is 2.00. The van der Waals surface area contributed by atoms with Gasteiger partial charge in [-0.2, -0.15) is 0 Å². The van der Waals surface area contributed by atoms with Gasteiger partial charge in [0, 0.05) is 13.1 Å². The molecule has 0 aliphatic heterocycles. The molecular formula is C19H26N2. The number of aryl methyl sites for hydroxylation is 1. The molecule has 2 aromatic rings. The molecule has 0 atom stereocenters. The first-order valence-electron chi connectivity index (χ1n) is 7.73. The summed E-state index contributed by atoms with van der Waals surface area (Å²) in [6, 6.07) is 19.2. The molecule has 2 nitrogen and oxygen atoms in total. The highest BCUT2D eigenvalue weighted by atomic mass is 15.1. The van der Waals surface area contributed by atoms with Crippen LogP contribution in [-0.4, -0.2) is 25.0 Å². The molecule has 1 N–H and O–H groups in total. The molecule has 0 bridgehead atoms. The van der Waals surface area contributed by atoms with Gasteiger partial charge in [0.2, 0.25) is 0 Å². The van der Waals surface area contributed by atoms with E-state index >= 15 is 0 Å². The summed E-state index contributed by atoms with van der Waals surface area (Å²) in [6.07, 6.45) is 1.18. The fourth-order valence-electron chi connectivity index (χ4n) is 2.48. The van der Waals surface area contributed by atoms with Crippen molar-refractivity contribution in [1.29, 1.82) is 0 Å². The molecule has 0 aliphatic carbocycles. The molecule has 2 heteroatoms. The van der Waals surface area contributed by atoms with Crippen LogP contribution in [0.2, 0.25) is 0 Å². The molecule has 0 aromatic heterocycles. The van der Waals surface area contributed by atoms with E-state index in [0.29, 0.717) is 0 Å². The average Bonchev–Trinajstić information content (AvgIpc) is 2.50. The molecule has 21 heavy (non-hydrogen) atoms. The third kappa shape index (κ3) is 5.70. The monoisotopic (exact) mass is 282 g/mol. The average molecular weight is 282 g/mol. The van der Waals surface area contributed by atoms with Crippen LogP contribution >= 0.6 is 0 Å². The fraction of sp³-hybridized carbons (Fsp3) is 0.368. The van der Waals surface area contributed by atoms with Gasteiger partial charge in [-0.05, 0) is 50.2 Å². The van der Waals surface area contributed by atoms with E-state index in [1.165, 1.54) is 23.1 Å². The summed E-state index contributed by atoms with van der Waals surface area (Å²) in [4.78, 5) is 2.38. The molecule has 2 rings (SSSR count). The van der Waals surface area contributed by atoms with E-state index in [2.05, 4.69) is 78.8 Å². The van der Waals surface area contributed by atoms with Crippen LogP contribution in [0, 0.1) is 6.92 Å². The summed E-state index contributed by atoms with van der Waals surface area (Å²) in [6.45, 7) is 6.35. The van der Waals surface area contributed by atoms with Crippen molar-refractivity contribution in [2.24, 2.45) is 0 Å². The van der Waals surface area contributed by atoms with E-state index in [1.54, 1.807) is 0 Å². The van der Waals surface area contributed by atoms with Crippen LogP contribution in [0.5, 0.6) is 0 Å². The van der Waals surface area contributed by atoms with Crippen LogP contribution in [0.4, 0.5) is 0 Å². The Balaban J connectivity index is 1.60. The van der Waals surface area contributed by atoms with Crippen LogP contribution in [-0.2, 0) is 13.1 Å². The number of nitrogens with one attached hydrogen (secondary N) is 1. The molecule has 0 radical (unpaired) electrons. The van der Waals surface area contributed by atoms with E-state index in [4.69, 9.17) is 0 Å². The number of nitrogens with zero attached hydrogens (tertiary/aromatic N) is 1. The Morgan fingerprint density at radius 2 is 1.67 bits per heavy atom. The largest absolute Gasteiger partial charge is 0.313 e. The molecule has 0 saturated carbocycles. The summed E-state index contributed by atoms with van der Waals surface area (Å²) < 4.78 is 0. The van der Waals surface area contributed by atoms with Crippen LogP contribution in [0.25, 0.3) is 0 Å². The van der Waals surface area contributed by atoms with Crippen LogP contribution in [0.3, 0.4) is 0 Å². The minimum atomic E-state index is 0.967. The third-order valence-corrected chi connectivity index (χ3v) is 3.77. The predicted molar refractivity (Wildman–Crippen MR) is 90.3 cm³/mol. The molecule has 0 saturated heterocycles. The number of rotatable bonds is 8. The molecule has 0 fully saturated rings. The van der Waals surface area contributed by atoms with Crippen molar-refractivity contribution < 1.29 is 0 Å². The Hall–Kier alpha value is -1.64. The van der Waals surface area contributed by atoms with Crippen molar-refractivity contribution in [3.05, 3.63) is 71.3 Å². The van der Waals surface area contributed by atoms with Gasteiger partial charge >= 0.3 is 0 Å². The standard InChI is InChI=1S/C19H26N2/c1-17-9-6-7-12-19(17)15-20-13-8-14-21(2)16-18-10-4-3-5-11-18/h3-7,9-12,20H,8,13-16H2,1-2H3. The summed E-state index contributed by atoms with van der Waals surface area (Å²) in [5.74, 6) is 0. The van der Waals surface area contributed by atoms with E-state index in [1.807, 2.05) is 0 Å². The summed E-state index contributed by atoms with van der Waals surface area (Å²) in [5.41, 5.74) is 4.15. The third-order valence-electron chi connectivity index (χ3n) is 3.77. The second-order valence-electron chi connectivity index (χ2n) is 5.68. The minimum absolute atomic E-state index is 0.967. The molecular weight excluding hydrogens is 256 g/mol. The first-order chi connectivity index (χ1) is 10.3. The van der Waals surface area contributed by atoms with Gasteiger partial charge in [-0.25, -0.2) is 0 Å². The fourth-order valence-corrected chi connectivity index (χ4v) is 2.48. The van der Waals surface area contributed by atoms with Crippen molar-refractivity contribution in [3.63, 3.8) is 0 Å². The van der Waals surface area contributed by atoms with Gasteiger partial charge in [0.1, 0.15) is 0 Å². The van der Waals surface area contributed by atoms with E-state index in [0.717, 1.165) is 26.2 Å². The predicted octanol–water partition coefficient (Wildman–Crippen LogP) is 3.61. The number of hydrogen-bond donors (Lipinski definition) is 1. The van der Waals surface area contributed by atoms with Crippen LogP contribution < -0.4 is 5.32 Å². The van der Waals surface area contributed by atoms with Crippen molar-refractivity contribution >= 4 is 0 Å².